The first kappa shape index (κ1) is 24.4. The summed E-state index contributed by atoms with van der Waals surface area (Å²) in [6.07, 6.45) is -1.57. The Morgan fingerprint density at radius 2 is 1.62 bits per heavy atom. The molecule has 16 heteroatoms. The summed E-state index contributed by atoms with van der Waals surface area (Å²) in [5.74, 6) is -0.0739. The molecule has 141 valence electrons. The van der Waals surface area contributed by atoms with Crippen molar-refractivity contribution in [2.24, 2.45) is 5.92 Å². The summed E-state index contributed by atoms with van der Waals surface area (Å²) in [5, 5.41) is 0. The van der Waals surface area contributed by atoms with E-state index in [9.17, 15) is 28.4 Å². The molecule has 0 aromatic heterocycles. The molecule has 0 saturated carbocycles. The minimum absolute atomic E-state index is 0. The Labute approximate surface area is 140 Å². The average Bonchev–Trinajstić information content (AvgIpc) is 2.57. The molecule has 1 fully saturated rings. The maximum atomic E-state index is 11.4. The highest BCUT2D eigenvalue weighted by atomic mass is 31.3. The zero-order valence-electron chi connectivity index (χ0n) is 12.9. The molecule has 0 amide bonds. The Kier molecular flexibility index (Phi) is 9.00. The third-order valence-electron chi connectivity index (χ3n) is 3.09. The van der Waals surface area contributed by atoms with Gasteiger partial charge in [-0.3, -0.25) is 13.7 Å². The standard InChI is InChI=1S/C8H19O12P3.B/c1-5-6(2)18-7(8(5)16-3)4-17-22(12,13)20-23(14,15)19-21(9,10)11;/h5-8H,4H2,1-3H3,(H,12,13)(H,14,15)(H2,9,10,11);/p-3/t5-,6+,7-,8?;/m1./s1. The van der Waals surface area contributed by atoms with Crippen LogP contribution in [0.1, 0.15) is 13.8 Å². The molecular formula is C8H16BO12P3-3. The lowest BCUT2D eigenvalue weighted by atomic mass is 9.99. The van der Waals surface area contributed by atoms with Crippen LogP contribution in [-0.4, -0.2) is 45.3 Å². The van der Waals surface area contributed by atoms with Gasteiger partial charge in [-0.15, -0.1) is 0 Å². The van der Waals surface area contributed by atoms with Gasteiger partial charge in [-0.05, 0) is 6.92 Å². The fourth-order valence-corrected chi connectivity index (χ4v) is 4.93. The highest BCUT2D eigenvalue weighted by molar-refractivity contribution is 7.65. The topological polar surface area (TPSA) is 187 Å². The maximum Gasteiger partial charge on any atom is 0.280 e. The van der Waals surface area contributed by atoms with E-state index in [2.05, 4.69) is 13.1 Å². The molecule has 1 saturated heterocycles. The highest BCUT2D eigenvalue weighted by Gasteiger charge is 2.40. The smallest absolute Gasteiger partial charge is 0.280 e. The highest BCUT2D eigenvalue weighted by Crippen LogP contribution is 2.61. The van der Waals surface area contributed by atoms with Gasteiger partial charge in [-0.25, -0.2) is 8.62 Å². The number of ether oxygens (including phenoxy) is 2. The Morgan fingerprint density at radius 1 is 1.08 bits per heavy atom. The van der Waals surface area contributed by atoms with Crippen LogP contribution in [0, 0.1) is 5.92 Å². The minimum Gasteiger partial charge on any atom is -0.756 e. The lowest BCUT2D eigenvalue weighted by Crippen LogP contribution is -2.32. The zero-order chi connectivity index (χ0) is 18.1. The fraction of sp³-hybridized carbons (Fsp3) is 1.00. The summed E-state index contributed by atoms with van der Waals surface area (Å²) in [7, 11) is -15.7. The average molecular weight is 408 g/mol. The van der Waals surface area contributed by atoms with Crippen LogP contribution in [0.4, 0.5) is 0 Å². The minimum atomic E-state index is -5.89. The van der Waals surface area contributed by atoms with Crippen molar-refractivity contribution in [3.05, 3.63) is 0 Å². The van der Waals surface area contributed by atoms with E-state index in [4.69, 9.17) is 14.4 Å². The Balaban J connectivity index is 0.00000529. The largest absolute Gasteiger partial charge is 0.756 e. The zero-order valence-corrected chi connectivity index (χ0v) is 15.6. The van der Waals surface area contributed by atoms with Crippen LogP contribution in [0.5, 0.6) is 0 Å². The van der Waals surface area contributed by atoms with Crippen molar-refractivity contribution in [2.45, 2.75) is 32.2 Å². The van der Waals surface area contributed by atoms with Crippen LogP contribution < -0.4 is 14.7 Å². The summed E-state index contributed by atoms with van der Waals surface area (Å²) >= 11 is 0. The van der Waals surface area contributed by atoms with Crippen LogP contribution in [0.15, 0.2) is 0 Å². The molecule has 1 rings (SSSR count). The summed E-state index contributed by atoms with van der Waals surface area (Å²) < 4.78 is 54.3. The van der Waals surface area contributed by atoms with Crippen LogP contribution in [0.25, 0.3) is 0 Å². The van der Waals surface area contributed by atoms with Gasteiger partial charge in [0.1, 0.15) is 6.10 Å². The van der Waals surface area contributed by atoms with Gasteiger partial charge in [0, 0.05) is 21.4 Å². The molecule has 1 aliphatic heterocycles. The molecule has 0 aliphatic carbocycles. The predicted octanol–water partition coefficient (Wildman–Crippen LogP) is -1.51. The summed E-state index contributed by atoms with van der Waals surface area (Å²) in [5.41, 5.74) is 0. The van der Waals surface area contributed by atoms with Gasteiger partial charge in [0.2, 0.25) is 0 Å². The first-order valence-corrected chi connectivity index (χ1v) is 10.6. The maximum absolute atomic E-state index is 11.4. The van der Waals surface area contributed by atoms with Crippen molar-refractivity contribution in [2.75, 3.05) is 13.7 Å². The van der Waals surface area contributed by atoms with Gasteiger partial charge in [0.15, 0.2) is 0 Å². The Hall–Kier alpha value is 0.395. The lowest BCUT2D eigenvalue weighted by molar-refractivity contribution is -0.250. The Bertz CT molecular complexity index is 550. The van der Waals surface area contributed by atoms with Crippen LogP contribution >= 0.6 is 23.5 Å². The first-order chi connectivity index (χ1) is 10.3. The van der Waals surface area contributed by atoms with E-state index < -0.39 is 42.3 Å². The molecule has 1 N–H and O–H groups in total. The number of hydrogen-bond acceptors (Lipinski definition) is 11. The summed E-state index contributed by atoms with van der Waals surface area (Å²) in [4.78, 5) is 41.0. The molecule has 24 heavy (non-hydrogen) atoms. The second-order valence-electron chi connectivity index (χ2n) is 4.76. The van der Waals surface area contributed by atoms with Crippen molar-refractivity contribution in [3.63, 3.8) is 0 Å². The van der Waals surface area contributed by atoms with Crippen molar-refractivity contribution in [1.82, 2.24) is 0 Å². The number of methoxy groups -OCH3 is 1. The van der Waals surface area contributed by atoms with Gasteiger partial charge in [-0.1, -0.05) is 6.92 Å². The molecule has 3 radical (unpaired) electrons. The van der Waals surface area contributed by atoms with Gasteiger partial charge >= 0.3 is 0 Å². The first-order valence-electron chi connectivity index (χ1n) is 6.18. The third-order valence-corrected chi connectivity index (χ3v) is 6.78. The van der Waals surface area contributed by atoms with E-state index in [1.807, 2.05) is 0 Å². The second kappa shape index (κ2) is 8.86. The van der Waals surface area contributed by atoms with Crippen LogP contribution in [-0.2, 0) is 36.3 Å². The molecule has 4 unspecified atom stereocenters. The van der Waals surface area contributed by atoms with E-state index in [1.165, 1.54) is 7.11 Å². The van der Waals surface area contributed by atoms with Crippen molar-refractivity contribution >= 4 is 31.9 Å². The third kappa shape index (κ3) is 7.74. The lowest BCUT2D eigenvalue weighted by Gasteiger charge is -2.33. The fourth-order valence-electron chi connectivity index (χ4n) is 2.04. The van der Waals surface area contributed by atoms with Crippen molar-refractivity contribution in [1.29, 1.82) is 0 Å². The van der Waals surface area contributed by atoms with Crippen molar-refractivity contribution in [3.8, 4) is 0 Å². The van der Waals surface area contributed by atoms with Crippen LogP contribution in [0.3, 0.4) is 0 Å². The number of hydrogen-bond donors (Lipinski definition) is 1. The molecule has 0 bridgehead atoms. The van der Waals surface area contributed by atoms with E-state index in [0.29, 0.717) is 0 Å². The van der Waals surface area contributed by atoms with Gasteiger partial charge in [0.25, 0.3) is 23.5 Å². The quantitative estimate of drug-likeness (QED) is 0.362. The van der Waals surface area contributed by atoms with E-state index in [1.54, 1.807) is 13.8 Å². The molecule has 0 aromatic rings. The van der Waals surface area contributed by atoms with E-state index in [-0.39, 0.29) is 20.4 Å². The molecule has 12 nitrogen and oxygen atoms in total. The summed E-state index contributed by atoms with van der Waals surface area (Å²) in [6.45, 7) is 2.91. The molecular weight excluding hydrogens is 392 g/mol. The van der Waals surface area contributed by atoms with Gasteiger partial charge in [0.05, 0.1) is 18.8 Å². The molecule has 1 aliphatic rings. The number of phosphoric ester groups is 1. The number of rotatable bonds is 8. The molecule has 0 spiro atoms. The second-order valence-corrected chi connectivity index (χ2v) is 9.05. The number of phosphoric acid groups is 3. The molecule has 1 heterocycles. The summed E-state index contributed by atoms with van der Waals surface area (Å²) in [6, 6.07) is 0. The SMILES string of the molecule is COC1[C@@H](COP(=O)([O-])OP(=O)([O-])OP(=O)([O-])O)O[C@@H](C)[C@H]1C.[B]. The van der Waals surface area contributed by atoms with E-state index in [0.717, 1.165) is 0 Å². The predicted molar refractivity (Wildman–Crippen MR) is 73.2 cm³/mol. The molecule has 7 atom stereocenters. The van der Waals surface area contributed by atoms with Gasteiger partial charge in [-0.2, -0.15) is 0 Å². The normalized spacial score (nSPS) is 34.6. The molecule has 0 aromatic carbocycles. The van der Waals surface area contributed by atoms with Gasteiger partial charge < -0.3 is 33.6 Å². The van der Waals surface area contributed by atoms with Crippen LogP contribution in [0.2, 0.25) is 0 Å². The monoisotopic (exact) mass is 408 g/mol. The Morgan fingerprint density at radius 3 is 2.08 bits per heavy atom. The van der Waals surface area contributed by atoms with Crippen molar-refractivity contribution < 1.29 is 55.9 Å². The van der Waals surface area contributed by atoms with E-state index >= 15 is 0 Å².